The van der Waals surface area contributed by atoms with Gasteiger partial charge in [0.05, 0.1) is 0 Å². The number of allylic oxidation sites excluding steroid dienone is 1. The third-order valence-electron chi connectivity index (χ3n) is 6.23. The van der Waals surface area contributed by atoms with Crippen molar-refractivity contribution in [2.45, 2.75) is 161 Å². The number of aliphatic hydroxyl groups excluding tert-OH is 1. The summed E-state index contributed by atoms with van der Waals surface area (Å²) in [6.45, 7) is 2.30. The summed E-state index contributed by atoms with van der Waals surface area (Å²) in [6.07, 6.45) is 34.5. The molecule has 0 amide bonds. The average molecular weight is 410 g/mol. The highest BCUT2D eigenvalue weighted by Crippen LogP contribution is 2.15. The smallest absolute Gasteiger partial charge is 0.108 e. The van der Waals surface area contributed by atoms with Gasteiger partial charge in [-0.1, -0.05) is 148 Å². The van der Waals surface area contributed by atoms with E-state index in [1.54, 1.807) is 0 Å². The lowest BCUT2D eigenvalue weighted by Crippen LogP contribution is -1.88. The molecule has 0 radical (unpaired) electrons. The molecule has 0 atom stereocenters. The van der Waals surface area contributed by atoms with Gasteiger partial charge in [0.25, 0.3) is 0 Å². The first-order chi connectivity index (χ1) is 14.3. The molecule has 3 N–H and O–H groups in total. The Labute approximate surface area is 184 Å². The van der Waals surface area contributed by atoms with E-state index >= 15 is 0 Å². The molecule has 0 aromatic carbocycles. The van der Waals surface area contributed by atoms with Crippen LogP contribution in [0.3, 0.4) is 0 Å². The molecule has 0 fully saturated rings. The molecule has 2 heteroatoms. The van der Waals surface area contributed by atoms with Gasteiger partial charge in [0.2, 0.25) is 0 Å². The Morgan fingerprint density at radius 1 is 0.483 bits per heavy atom. The van der Waals surface area contributed by atoms with Crippen LogP contribution in [-0.2, 0) is 0 Å². The predicted octanol–water partition coefficient (Wildman–Crippen LogP) is 9.73. The summed E-state index contributed by atoms with van der Waals surface area (Å²) in [6, 6.07) is 0. The van der Waals surface area contributed by atoms with Crippen LogP contribution in [0.5, 0.6) is 0 Å². The highest BCUT2D eigenvalue weighted by Gasteiger charge is 1.96. The van der Waals surface area contributed by atoms with E-state index in [9.17, 15) is 5.11 Å². The zero-order valence-corrected chi connectivity index (χ0v) is 20.1. The minimum atomic E-state index is 0.341. The maximum atomic E-state index is 9.27. The molecule has 174 valence electrons. The molecule has 0 aromatic heterocycles. The summed E-state index contributed by atoms with van der Waals surface area (Å²) in [5, 5.41) is 9.27. The lowest BCUT2D eigenvalue weighted by atomic mass is 10.0. The maximum Gasteiger partial charge on any atom is 0.108 e. The number of aliphatic hydroxyl groups is 1. The van der Waals surface area contributed by atoms with E-state index in [4.69, 9.17) is 5.73 Å². The van der Waals surface area contributed by atoms with Crippen LogP contribution >= 0.6 is 0 Å². The van der Waals surface area contributed by atoms with Gasteiger partial charge in [-0.2, -0.15) is 0 Å². The van der Waals surface area contributed by atoms with Gasteiger partial charge >= 0.3 is 0 Å². The van der Waals surface area contributed by atoms with Crippen LogP contribution in [0, 0.1) is 0 Å². The van der Waals surface area contributed by atoms with Crippen molar-refractivity contribution in [2.75, 3.05) is 0 Å². The second-order valence-electron chi connectivity index (χ2n) is 9.19. The number of unbranched alkanes of at least 4 members (excludes halogenated alkanes) is 22. The Morgan fingerprint density at radius 2 is 0.724 bits per heavy atom. The lowest BCUT2D eigenvalue weighted by molar-refractivity contribution is 0.378. The standard InChI is InChI=1S/C27H55NO/c1-2-3-4-5-6-7-8-9-10-11-12-13-14-15-16-17-18-19-20-21-22-23-24-25-27(29)26-28/h26,29H,2-25,28H2,1H3/b27-26-. The van der Waals surface area contributed by atoms with Crippen molar-refractivity contribution < 1.29 is 5.11 Å². The molecule has 0 aliphatic carbocycles. The van der Waals surface area contributed by atoms with Gasteiger partial charge in [0.15, 0.2) is 0 Å². The maximum absolute atomic E-state index is 9.27. The Kier molecular flexibility index (Phi) is 24.8. The van der Waals surface area contributed by atoms with Crippen LogP contribution in [0.15, 0.2) is 12.0 Å². The van der Waals surface area contributed by atoms with E-state index in [1.165, 1.54) is 147 Å². The van der Waals surface area contributed by atoms with Crippen molar-refractivity contribution in [2.24, 2.45) is 5.73 Å². The van der Waals surface area contributed by atoms with E-state index in [-0.39, 0.29) is 0 Å². The second-order valence-corrected chi connectivity index (χ2v) is 9.19. The summed E-state index contributed by atoms with van der Waals surface area (Å²) >= 11 is 0. The van der Waals surface area contributed by atoms with Crippen molar-refractivity contribution in [3.63, 3.8) is 0 Å². The summed E-state index contributed by atoms with van der Waals surface area (Å²) in [5.74, 6) is 0.341. The lowest BCUT2D eigenvalue weighted by Gasteiger charge is -2.04. The SMILES string of the molecule is CCCCCCCCCCCCCCCCCCCCCCCCC/C(O)=C/N. The summed E-state index contributed by atoms with van der Waals surface area (Å²) in [7, 11) is 0. The second kappa shape index (κ2) is 25.4. The predicted molar refractivity (Wildman–Crippen MR) is 131 cm³/mol. The van der Waals surface area contributed by atoms with Gasteiger partial charge in [0, 0.05) is 12.6 Å². The topological polar surface area (TPSA) is 46.2 Å². The normalized spacial score (nSPS) is 12.0. The van der Waals surface area contributed by atoms with Crippen LogP contribution < -0.4 is 5.73 Å². The minimum Gasteiger partial charge on any atom is -0.511 e. The van der Waals surface area contributed by atoms with Crippen LogP contribution in [0.2, 0.25) is 0 Å². The Morgan fingerprint density at radius 3 is 0.966 bits per heavy atom. The third kappa shape index (κ3) is 25.3. The molecule has 0 saturated heterocycles. The fraction of sp³-hybridized carbons (Fsp3) is 0.926. The highest BCUT2D eigenvalue weighted by molar-refractivity contribution is 4.85. The largest absolute Gasteiger partial charge is 0.511 e. The number of hydrogen-bond donors (Lipinski definition) is 2. The monoisotopic (exact) mass is 409 g/mol. The molecule has 0 heterocycles. The molecule has 2 nitrogen and oxygen atoms in total. The molecule has 0 unspecified atom stereocenters. The third-order valence-corrected chi connectivity index (χ3v) is 6.23. The fourth-order valence-electron chi connectivity index (χ4n) is 4.17. The van der Waals surface area contributed by atoms with E-state index in [0.29, 0.717) is 5.76 Å². The number of rotatable bonds is 24. The summed E-state index contributed by atoms with van der Waals surface area (Å²) < 4.78 is 0. The Hall–Kier alpha value is -0.660. The average Bonchev–Trinajstić information content (AvgIpc) is 2.74. The summed E-state index contributed by atoms with van der Waals surface area (Å²) in [5.41, 5.74) is 5.26. The molecule has 0 spiro atoms. The van der Waals surface area contributed by atoms with Gasteiger partial charge in [-0.3, -0.25) is 0 Å². The molecule has 0 aliphatic rings. The van der Waals surface area contributed by atoms with E-state index < -0.39 is 0 Å². The van der Waals surface area contributed by atoms with Crippen molar-refractivity contribution >= 4 is 0 Å². The van der Waals surface area contributed by atoms with Crippen molar-refractivity contribution in [3.8, 4) is 0 Å². The van der Waals surface area contributed by atoms with Gasteiger partial charge in [-0.15, -0.1) is 0 Å². The summed E-state index contributed by atoms with van der Waals surface area (Å²) in [4.78, 5) is 0. The first-order valence-electron chi connectivity index (χ1n) is 13.4. The van der Waals surface area contributed by atoms with Crippen molar-refractivity contribution in [1.82, 2.24) is 0 Å². The Balaban J connectivity index is 3.02. The van der Waals surface area contributed by atoms with E-state index in [1.807, 2.05) is 0 Å². The quantitative estimate of drug-likeness (QED) is 0.123. The zero-order chi connectivity index (χ0) is 21.3. The number of hydrogen-bond acceptors (Lipinski definition) is 2. The molecule has 29 heavy (non-hydrogen) atoms. The first-order valence-corrected chi connectivity index (χ1v) is 13.4. The van der Waals surface area contributed by atoms with Crippen LogP contribution in [-0.4, -0.2) is 5.11 Å². The fourth-order valence-corrected chi connectivity index (χ4v) is 4.17. The molecular formula is C27H55NO. The molecular weight excluding hydrogens is 354 g/mol. The molecule has 0 saturated carbocycles. The minimum absolute atomic E-state index is 0.341. The zero-order valence-electron chi connectivity index (χ0n) is 20.1. The van der Waals surface area contributed by atoms with Gasteiger partial charge < -0.3 is 10.8 Å². The Bertz CT molecular complexity index is 326. The van der Waals surface area contributed by atoms with Gasteiger partial charge in [0.1, 0.15) is 5.76 Å². The van der Waals surface area contributed by atoms with Gasteiger partial charge in [-0.05, 0) is 6.42 Å². The first kappa shape index (κ1) is 28.3. The van der Waals surface area contributed by atoms with Gasteiger partial charge in [-0.25, -0.2) is 0 Å². The van der Waals surface area contributed by atoms with E-state index in [0.717, 1.165) is 12.8 Å². The molecule has 0 aliphatic heterocycles. The molecule has 0 bridgehead atoms. The van der Waals surface area contributed by atoms with E-state index in [2.05, 4.69) is 6.92 Å². The van der Waals surface area contributed by atoms with Crippen LogP contribution in [0.4, 0.5) is 0 Å². The number of nitrogens with two attached hydrogens (primary N) is 1. The van der Waals surface area contributed by atoms with Crippen molar-refractivity contribution in [1.29, 1.82) is 0 Å². The van der Waals surface area contributed by atoms with Crippen LogP contribution in [0.25, 0.3) is 0 Å². The van der Waals surface area contributed by atoms with Crippen molar-refractivity contribution in [3.05, 3.63) is 12.0 Å². The molecule has 0 aromatic rings. The molecule has 0 rings (SSSR count). The highest BCUT2D eigenvalue weighted by atomic mass is 16.3. The van der Waals surface area contributed by atoms with Crippen LogP contribution in [0.1, 0.15) is 161 Å².